The Bertz CT molecular complexity index is 468. The fourth-order valence-corrected chi connectivity index (χ4v) is 3.86. The van der Waals surface area contributed by atoms with Gasteiger partial charge in [0.25, 0.3) is 0 Å². The molecule has 0 aromatic heterocycles. The van der Waals surface area contributed by atoms with E-state index >= 15 is 0 Å². The van der Waals surface area contributed by atoms with Crippen LogP contribution in [0.4, 0.5) is 4.39 Å². The van der Waals surface area contributed by atoms with E-state index in [4.69, 9.17) is 0 Å². The number of nitrogens with one attached hydrogen (secondary N) is 1. The topological polar surface area (TPSA) is 15.3 Å². The van der Waals surface area contributed by atoms with E-state index in [1.807, 2.05) is 6.07 Å². The molecule has 0 spiro atoms. The van der Waals surface area contributed by atoms with Gasteiger partial charge in [0.15, 0.2) is 0 Å². The molecule has 1 N–H and O–H groups in total. The summed E-state index contributed by atoms with van der Waals surface area (Å²) < 4.78 is 13.5. The average Bonchev–Trinajstić information content (AvgIpc) is 2.96. The molecular weight excluding hydrogens is 251 g/mol. The van der Waals surface area contributed by atoms with E-state index in [9.17, 15) is 4.39 Å². The highest BCUT2D eigenvalue weighted by Crippen LogP contribution is 2.38. The van der Waals surface area contributed by atoms with Crippen LogP contribution >= 0.6 is 0 Å². The third-order valence-electron chi connectivity index (χ3n) is 4.89. The number of halogens is 1. The predicted molar refractivity (Wildman–Crippen MR) is 80.1 cm³/mol. The quantitative estimate of drug-likeness (QED) is 0.912. The molecule has 3 atom stereocenters. The van der Waals surface area contributed by atoms with Crippen LogP contribution in [0.15, 0.2) is 24.3 Å². The van der Waals surface area contributed by atoms with E-state index in [-0.39, 0.29) is 5.82 Å². The summed E-state index contributed by atoms with van der Waals surface area (Å²) in [5.41, 5.74) is 1.51. The average molecular weight is 276 g/mol. The van der Waals surface area contributed by atoms with Gasteiger partial charge >= 0.3 is 0 Å². The van der Waals surface area contributed by atoms with E-state index in [0.717, 1.165) is 38.2 Å². The SMILES string of the molecule is CC1CC(c2cccc(F)c2)N(CC2(C)CCNC2)C1. The number of hydrogen-bond donors (Lipinski definition) is 1. The van der Waals surface area contributed by atoms with Gasteiger partial charge in [-0.1, -0.05) is 26.0 Å². The lowest BCUT2D eigenvalue weighted by atomic mass is 9.88. The van der Waals surface area contributed by atoms with Crippen molar-refractivity contribution in [3.63, 3.8) is 0 Å². The summed E-state index contributed by atoms with van der Waals surface area (Å²) >= 11 is 0. The standard InChI is InChI=1S/C17H25FN2/c1-13-8-16(14-4-3-5-15(18)9-14)20(10-13)12-17(2)6-7-19-11-17/h3-5,9,13,16,19H,6-8,10-12H2,1-2H3. The summed E-state index contributed by atoms with van der Waals surface area (Å²) in [7, 11) is 0. The predicted octanol–water partition coefficient (Wildman–Crippen LogP) is 3.21. The third-order valence-corrected chi connectivity index (χ3v) is 4.89. The van der Waals surface area contributed by atoms with Gasteiger partial charge in [0, 0.05) is 25.7 Å². The van der Waals surface area contributed by atoms with Gasteiger partial charge in [0.1, 0.15) is 5.82 Å². The Kier molecular flexibility index (Phi) is 3.83. The molecule has 2 heterocycles. The molecule has 1 aromatic carbocycles. The summed E-state index contributed by atoms with van der Waals surface area (Å²) in [4.78, 5) is 2.58. The van der Waals surface area contributed by atoms with Crippen LogP contribution in [0.2, 0.25) is 0 Å². The fraction of sp³-hybridized carbons (Fsp3) is 0.647. The molecule has 3 rings (SSSR count). The highest BCUT2D eigenvalue weighted by atomic mass is 19.1. The summed E-state index contributed by atoms with van der Waals surface area (Å²) in [6.07, 6.45) is 2.39. The minimum Gasteiger partial charge on any atom is -0.316 e. The first-order valence-electron chi connectivity index (χ1n) is 7.76. The van der Waals surface area contributed by atoms with Crippen LogP contribution in [-0.2, 0) is 0 Å². The minimum atomic E-state index is -0.115. The van der Waals surface area contributed by atoms with Crippen LogP contribution < -0.4 is 5.32 Å². The molecule has 0 saturated carbocycles. The molecular formula is C17H25FN2. The molecule has 2 nitrogen and oxygen atoms in total. The van der Waals surface area contributed by atoms with Crippen LogP contribution in [-0.4, -0.2) is 31.1 Å². The summed E-state index contributed by atoms with van der Waals surface area (Å²) in [5.74, 6) is 0.581. The van der Waals surface area contributed by atoms with Gasteiger partial charge in [-0.05, 0) is 48.4 Å². The van der Waals surface area contributed by atoms with Gasteiger partial charge in [-0.25, -0.2) is 4.39 Å². The summed E-state index contributed by atoms with van der Waals surface area (Å²) in [6, 6.07) is 7.55. The fourth-order valence-electron chi connectivity index (χ4n) is 3.86. The molecule has 20 heavy (non-hydrogen) atoms. The molecule has 2 aliphatic heterocycles. The summed E-state index contributed by atoms with van der Waals surface area (Å²) in [6.45, 7) is 9.17. The Morgan fingerprint density at radius 1 is 1.45 bits per heavy atom. The number of hydrogen-bond acceptors (Lipinski definition) is 2. The second-order valence-corrected chi connectivity index (χ2v) is 7.08. The molecule has 0 aliphatic carbocycles. The zero-order chi connectivity index (χ0) is 14.2. The Morgan fingerprint density at radius 3 is 3.00 bits per heavy atom. The van der Waals surface area contributed by atoms with Crippen molar-refractivity contribution < 1.29 is 4.39 Å². The van der Waals surface area contributed by atoms with E-state index < -0.39 is 0 Å². The van der Waals surface area contributed by atoms with E-state index in [0.29, 0.717) is 17.4 Å². The van der Waals surface area contributed by atoms with E-state index in [1.165, 1.54) is 12.5 Å². The highest BCUT2D eigenvalue weighted by Gasteiger charge is 2.37. The first-order chi connectivity index (χ1) is 9.56. The molecule has 110 valence electrons. The lowest BCUT2D eigenvalue weighted by Crippen LogP contribution is -2.37. The maximum Gasteiger partial charge on any atom is 0.123 e. The molecule has 2 aliphatic rings. The monoisotopic (exact) mass is 276 g/mol. The van der Waals surface area contributed by atoms with Gasteiger partial charge in [0.05, 0.1) is 0 Å². The largest absolute Gasteiger partial charge is 0.316 e. The van der Waals surface area contributed by atoms with Crippen LogP contribution in [0.1, 0.15) is 38.3 Å². The van der Waals surface area contributed by atoms with Crippen molar-refractivity contribution in [2.45, 2.75) is 32.7 Å². The van der Waals surface area contributed by atoms with Gasteiger partial charge in [-0.3, -0.25) is 4.90 Å². The van der Waals surface area contributed by atoms with Crippen LogP contribution in [0.5, 0.6) is 0 Å². The van der Waals surface area contributed by atoms with Gasteiger partial charge in [0.2, 0.25) is 0 Å². The molecule has 2 saturated heterocycles. The van der Waals surface area contributed by atoms with Gasteiger partial charge in [-0.2, -0.15) is 0 Å². The Labute approximate surface area is 121 Å². The van der Waals surface area contributed by atoms with Gasteiger partial charge < -0.3 is 5.32 Å². The minimum absolute atomic E-state index is 0.115. The lowest BCUT2D eigenvalue weighted by molar-refractivity contribution is 0.163. The normalized spacial score (nSPS) is 34.8. The van der Waals surface area contributed by atoms with Crippen LogP contribution in [0.25, 0.3) is 0 Å². The van der Waals surface area contributed by atoms with Crippen LogP contribution in [0.3, 0.4) is 0 Å². The van der Waals surface area contributed by atoms with Crippen molar-refractivity contribution in [3.05, 3.63) is 35.6 Å². The number of nitrogens with zero attached hydrogens (tertiary/aromatic N) is 1. The highest BCUT2D eigenvalue weighted by molar-refractivity contribution is 5.21. The second-order valence-electron chi connectivity index (χ2n) is 7.08. The van der Waals surface area contributed by atoms with Crippen molar-refractivity contribution in [1.82, 2.24) is 10.2 Å². The molecule has 3 unspecified atom stereocenters. The molecule has 1 aromatic rings. The van der Waals surface area contributed by atoms with Crippen LogP contribution in [0, 0.1) is 17.2 Å². The Morgan fingerprint density at radius 2 is 2.30 bits per heavy atom. The maximum atomic E-state index is 13.5. The van der Waals surface area contributed by atoms with Crippen molar-refractivity contribution in [1.29, 1.82) is 0 Å². The first-order valence-corrected chi connectivity index (χ1v) is 7.76. The van der Waals surface area contributed by atoms with Gasteiger partial charge in [-0.15, -0.1) is 0 Å². The number of likely N-dealkylation sites (tertiary alicyclic amines) is 1. The van der Waals surface area contributed by atoms with Crippen molar-refractivity contribution in [3.8, 4) is 0 Å². The van der Waals surface area contributed by atoms with E-state index in [2.05, 4.69) is 30.1 Å². The first kappa shape index (κ1) is 14.0. The molecule has 0 bridgehead atoms. The maximum absolute atomic E-state index is 13.5. The molecule has 0 radical (unpaired) electrons. The van der Waals surface area contributed by atoms with Crippen molar-refractivity contribution >= 4 is 0 Å². The van der Waals surface area contributed by atoms with Crippen molar-refractivity contribution in [2.24, 2.45) is 11.3 Å². The Hall–Kier alpha value is -0.930. The molecule has 3 heteroatoms. The smallest absolute Gasteiger partial charge is 0.123 e. The summed E-state index contributed by atoms with van der Waals surface area (Å²) in [5, 5.41) is 3.48. The molecule has 0 amide bonds. The number of benzene rings is 1. The van der Waals surface area contributed by atoms with E-state index in [1.54, 1.807) is 6.07 Å². The lowest BCUT2D eigenvalue weighted by Gasteiger charge is -2.33. The number of rotatable bonds is 3. The zero-order valence-corrected chi connectivity index (χ0v) is 12.5. The van der Waals surface area contributed by atoms with Crippen molar-refractivity contribution in [2.75, 3.05) is 26.2 Å². The third kappa shape index (κ3) is 2.89. The Balaban J connectivity index is 1.78. The second kappa shape index (κ2) is 5.45. The zero-order valence-electron chi connectivity index (χ0n) is 12.5. The molecule has 2 fully saturated rings.